The SMILES string of the molecule is Cc1cccc(/C(N)=N/OC(=O)c2c(-c3ccccc3Cl)noc2C)c1. The van der Waals surface area contributed by atoms with E-state index < -0.39 is 5.97 Å². The summed E-state index contributed by atoms with van der Waals surface area (Å²) in [6, 6.07) is 14.4. The Morgan fingerprint density at radius 2 is 1.96 bits per heavy atom. The highest BCUT2D eigenvalue weighted by molar-refractivity contribution is 6.33. The van der Waals surface area contributed by atoms with Crippen LogP contribution in [0.1, 0.15) is 27.2 Å². The second-order valence-corrected chi connectivity index (χ2v) is 6.07. The lowest BCUT2D eigenvalue weighted by molar-refractivity contribution is 0.0515. The molecule has 0 aliphatic carbocycles. The normalized spacial score (nSPS) is 11.4. The van der Waals surface area contributed by atoms with E-state index in [2.05, 4.69) is 10.3 Å². The Morgan fingerprint density at radius 1 is 1.19 bits per heavy atom. The van der Waals surface area contributed by atoms with Crippen LogP contribution in [0, 0.1) is 13.8 Å². The highest BCUT2D eigenvalue weighted by atomic mass is 35.5. The number of aromatic nitrogens is 1. The summed E-state index contributed by atoms with van der Waals surface area (Å²) in [6.07, 6.45) is 0. The third-order valence-electron chi connectivity index (χ3n) is 3.74. The number of hydrogen-bond acceptors (Lipinski definition) is 5. The van der Waals surface area contributed by atoms with Gasteiger partial charge in [0, 0.05) is 11.1 Å². The molecule has 132 valence electrons. The topological polar surface area (TPSA) is 90.7 Å². The van der Waals surface area contributed by atoms with Crippen molar-refractivity contribution >= 4 is 23.4 Å². The van der Waals surface area contributed by atoms with Gasteiger partial charge in [0.2, 0.25) is 0 Å². The second-order valence-electron chi connectivity index (χ2n) is 5.67. The molecule has 0 saturated heterocycles. The van der Waals surface area contributed by atoms with Gasteiger partial charge in [-0.05, 0) is 26.0 Å². The minimum absolute atomic E-state index is 0.0930. The van der Waals surface area contributed by atoms with Gasteiger partial charge in [-0.3, -0.25) is 0 Å². The quantitative estimate of drug-likeness (QED) is 0.323. The maximum absolute atomic E-state index is 12.5. The van der Waals surface area contributed by atoms with Crippen molar-refractivity contribution in [2.24, 2.45) is 10.9 Å². The number of carbonyl (C=O) groups excluding carboxylic acids is 1. The Balaban J connectivity index is 1.88. The van der Waals surface area contributed by atoms with Gasteiger partial charge in [-0.25, -0.2) is 4.79 Å². The summed E-state index contributed by atoms with van der Waals surface area (Å²) in [4.78, 5) is 17.5. The number of hydrogen-bond donors (Lipinski definition) is 1. The highest BCUT2D eigenvalue weighted by Crippen LogP contribution is 2.31. The average molecular weight is 370 g/mol. The van der Waals surface area contributed by atoms with Crippen LogP contribution in [-0.2, 0) is 4.84 Å². The Kier molecular flexibility index (Phi) is 5.04. The lowest BCUT2D eigenvalue weighted by Crippen LogP contribution is -2.15. The molecule has 26 heavy (non-hydrogen) atoms. The molecular formula is C19H16ClN3O3. The fraction of sp³-hybridized carbons (Fsp3) is 0.105. The molecule has 0 aliphatic heterocycles. The third kappa shape index (κ3) is 3.60. The van der Waals surface area contributed by atoms with E-state index in [1.54, 1.807) is 37.3 Å². The van der Waals surface area contributed by atoms with Crippen LogP contribution < -0.4 is 5.73 Å². The first kappa shape index (κ1) is 17.7. The van der Waals surface area contributed by atoms with E-state index >= 15 is 0 Å². The number of nitrogens with two attached hydrogens (primary N) is 1. The van der Waals surface area contributed by atoms with Gasteiger partial charge >= 0.3 is 5.97 Å². The molecule has 7 heteroatoms. The molecule has 0 bridgehead atoms. The number of nitrogens with zero attached hydrogens (tertiary/aromatic N) is 2. The molecule has 0 saturated carbocycles. The van der Waals surface area contributed by atoms with E-state index in [9.17, 15) is 4.79 Å². The van der Waals surface area contributed by atoms with Gasteiger partial charge in [0.25, 0.3) is 0 Å². The Morgan fingerprint density at radius 3 is 2.69 bits per heavy atom. The summed E-state index contributed by atoms with van der Waals surface area (Å²) in [5, 5.41) is 8.10. The van der Waals surface area contributed by atoms with Crippen molar-refractivity contribution in [3.05, 3.63) is 76.0 Å². The first-order valence-corrected chi connectivity index (χ1v) is 8.18. The van der Waals surface area contributed by atoms with Crippen LogP contribution >= 0.6 is 11.6 Å². The van der Waals surface area contributed by atoms with E-state index in [0.29, 0.717) is 27.6 Å². The monoisotopic (exact) mass is 369 g/mol. The summed E-state index contributed by atoms with van der Waals surface area (Å²) >= 11 is 6.19. The first-order valence-electron chi connectivity index (χ1n) is 7.80. The number of aryl methyl sites for hydroxylation is 2. The van der Waals surface area contributed by atoms with Crippen LogP contribution in [0.3, 0.4) is 0 Å². The van der Waals surface area contributed by atoms with Gasteiger partial charge in [-0.15, -0.1) is 0 Å². The Hall–Kier alpha value is -3.12. The lowest BCUT2D eigenvalue weighted by atomic mass is 10.1. The number of rotatable bonds is 4. The zero-order chi connectivity index (χ0) is 18.7. The Bertz CT molecular complexity index is 995. The van der Waals surface area contributed by atoms with Gasteiger partial charge in [0.15, 0.2) is 5.84 Å². The van der Waals surface area contributed by atoms with Crippen molar-refractivity contribution in [2.75, 3.05) is 0 Å². The van der Waals surface area contributed by atoms with Gasteiger partial charge in [-0.1, -0.05) is 63.9 Å². The predicted octanol–water partition coefficient (Wildman–Crippen LogP) is 4.09. The molecule has 0 unspecified atom stereocenters. The van der Waals surface area contributed by atoms with Crippen LogP contribution in [0.15, 0.2) is 58.2 Å². The van der Waals surface area contributed by atoms with E-state index in [1.807, 2.05) is 25.1 Å². The number of amidine groups is 1. The fourth-order valence-electron chi connectivity index (χ4n) is 2.44. The second kappa shape index (κ2) is 7.41. The van der Waals surface area contributed by atoms with E-state index in [-0.39, 0.29) is 11.4 Å². The van der Waals surface area contributed by atoms with Gasteiger partial charge in [0.05, 0.1) is 5.02 Å². The molecular weight excluding hydrogens is 354 g/mol. The zero-order valence-electron chi connectivity index (χ0n) is 14.2. The number of carbonyl (C=O) groups is 1. The first-order chi connectivity index (χ1) is 12.5. The average Bonchev–Trinajstić information content (AvgIpc) is 3.01. The summed E-state index contributed by atoms with van der Waals surface area (Å²) in [7, 11) is 0. The molecule has 0 aliphatic rings. The minimum Gasteiger partial charge on any atom is -0.380 e. The molecule has 6 nitrogen and oxygen atoms in total. The van der Waals surface area contributed by atoms with Crippen LogP contribution in [0.5, 0.6) is 0 Å². The molecule has 0 spiro atoms. The number of benzene rings is 2. The molecule has 0 radical (unpaired) electrons. The van der Waals surface area contributed by atoms with Crippen LogP contribution in [-0.4, -0.2) is 17.0 Å². The van der Waals surface area contributed by atoms with Crippen molar-refractivity contribution in [2.45, 2.75) is 13.8 Å². The lowest BCUT2D eigenvalue weighted by Gasteiger charge is -2.04. The summed E-state index contributed by atoms with van der Waals surface area (Å²) in [5.74, 6) is -0.334. The predicted molar refractivity (Wildman–Crippen MR) is 99.0 cm³/mol. The van der Waals surface area contributed by atoms with Crippen molar-refractivity contribution in [3.63, 3.8) is 0 Å². The largest absolute Gasteiger partial charge is 0.380 e. The third-order valence-corrected chi connectivity index (χ3v) is 4.07. The smallest absolute Gasteiger partial charge is 0.371 e. The summed E-state index contributed by atoms with van der Waals surface area (Å²) < 4.78 is 5.14. The molecule has 3 aromatic rings. The van der Waals surface area contributed by atoms with Crippen molar-refractivity contribution in [1.29, 1.82) is 0 Å². The van der Waals surface area contributed by atoms with Crippen LogP contribution in [0.2, 0.25) is 5.02 Å². The van der Waals surface area contributed by atoms with E-state index in [1.165, 1.54) is 0 Å². The van der Waals surface area contributed by atoms with Crippen molar-refractivity contribution in [3.8, 4) is 11.3 Å². The summed E-state index contributed by atoms with van der Waals surface area (Å²) in [6.45, 7) is 3.54. The van der Waals surface area contributed by atoms with Crippen molar-refractivity contribution < 1.29 is 14.2 Å². The van der Waals surface area contributed by atoms with Gasteiger partial charge < -0.3 is 15.1 Å². The Labute approximate surface area is 155 Å². The van der Waals surface area contributed by atoms with E-state index in [0.717, 1.165) is 5.56 Å². The molecule has 0 atom stereocenters. The molecule has 0 fully saturated rings. The van der Waals surface area contributed by atoms with Gasteiger partial charge in [0.1, 0.15) is 17.0 Å². The molecule has 1 aromatic heterocycles. The highest BCUT2D eigenvalue weighted by Gasteiger charge is 2.24. The van der Waals surface area contributed by atoms with Crippen molar-refractivity contribution in [1.82, 2.24) is 5.16 Å². The molecule has 3 rings (SSSR count). The van der Waals surface area contributed by atoms with E-state index in [4.69, 9.17) is 26.7 Å². The van der Waals surface area contributed by atoms with Gasteiger partial charge in [-0.2, -0.15) is 0 Å². The molecule has 1 heterocycles. The molecule has 0 amide bonds. The van der Waals surface area contributed by atoms with Crippen LogP contribution in [0.25, 0.3) is 11.3 Å². The maximum Gasteiger partial charge on any atom is 0.371 e. The number of halogens is 1. The fourth-order valence-corrected chi connectivity index (χ4v) is 2.67. The minimum atomic E-state index is -0.728. The van der Waals surface area contributed by atoms with Crippen LogP contribution in [0.4, 0.5) is 0 Å². The molecule has 2 N–H and O–H groups in total. The standard InChI is InChI=1S/C19H16ClN3O3/c1-11-6-5-7-13(10-11)18(21)23-26-19(24)16-12(2)25-22-17(16)14-8-3-4-9-15(14)20/h3-10H,1-2H3,(H2,21,23). The zero-order valence-corrected chi connectivity index (χ0v) is 14.9. The number of oxime groups is 1. The molecule has 2 aromatic carbocycles. The summed E-state index contributed by atoms with van der Waals surface area (Å²) in [5.41, 5.74) is 8.57. The maximum atomic E-state index is 12.5.